The normalized spacial score (nSPS) is 10.0. The molecule has 1 amide bonds. The number of amides is 1. The van der Waals surface area contributed by atoms with Crippen molar-refractivity contribution >= 4 is 17.6 Å². The Morgan fingerprint density at radius 2 is 2.18 bits per heavy atom. The molecule has 0 aromatic heterocycles. The number of carbonyl (C=O) groups is 2. The maximum Gasteiger partial charge on any atom is 0.335 e. The van der Waals surface area contributed by atoms with E-state index >= 15 is 0 Å². The summed E-state index contributed by atoms with van der Waals surface area (Å²) >= 11 is 0. The van der Waals surface area contributed by atoms with Gasteiger partial charge in [-0.15, -0.1) is 0 Å². The topological polar surface area (TPSA) is 75.6 Å². The zero-order chi connectivity index (χ0) is 12.8. The van der Waals surface area contributed by atoms with Crippen molar-refractivity contribution in [1.29, 1.82) is 0 Å². The monoisotopic (exact) mass is 241 g/mol. The summed E-state index contributed by atoms with van der Waals surface area (Å²) in [7, 11) is 0. The van der Waals surface area contributed by atoms with Gasteiger partial charge < -0.3 is 15.2 Å². The minimum absolute atomic E-state index is 0.0697. The number of carbonyl (C=O) groups excluding carboxylic acids is 1. The molecule has 0 unspecified atom stereocenters. The SMILES string of the molecule is CCOCC(=O)Nc1ccc(C(=O)O)cc1F. The molecule has 6 heteroatoms. The molecule has 0 atom stereocenters. The summed E-state index contributed by atoms with van der Waals surface area (Å²) in [5.74, 6) is -2.51. The van der Waals surface area contributed by atoms with Crippen LogP contribution in [0.3, 0.4) is 0 Å². The van der Waals surface area contributed by atoms with Gasteiger partial charge in [-0.2, -0.15) is 0 Å². The average Bonchev–Trinajstić information content (AvgIpc) is 2.28. The second-order valence-corrected chi connectivity index (χ2v) is 3.19. The van der Waals surface area contributed by atoms with Crippen molar-refractivity contribution in [3.63, 3.8) is 0 Å². The van der Waals surface area contributed by atoms with E-state index in [9.17, 15) is 14.0 Å². The van der Waals surface area contributed by atoms with E-state index in [1.807, 2.05) is 0 Å². The Balaban J connectivity index is 2.72. The first-order valence-corrected chi connectivity index (χ1v) is 4.95. The number of aromatic carboxylic acids is 1. The molecule has 0 bridgehead atoms. The fourth-order valence-corrected chi connectivity index (χ4v) is 1.13. The minimum atomic E-state index is -1.23. The van der Waals surface area contributed by atoms with Crippen LogP contribution < -0.4 is 5.32 Å². The highest BCUT2D eigenvalue weighted by atomic mass is 19.1. The van der Waals surface area contributed by atoms with Crippen LogP contribution in [0.15, 0.2) is 18.2 Å². The molecule has 0 radical (unpaired) electrons. The molecule has 0 aliphatic rings. The molecular formula is C11H12FNO4. The molecule has 0 spiro atoms. The van der Waals surface area contributed by atoms with E-state index in [0.29, 0.717) is 6.61 Å². The van der Waals surface area contributed by atoms with Crippen LogP contribution in [-0.4, -0.2) is 30.2 Å². The van der Waals surface area contributed by atoms with Crippen molar-refractivity contribution in [2.24, 2.45) is 0 Å². The highest BCUT2D eigenvalue weighted by Gasteiger charge is 2.10. The summed E-state index contributed by atoms with van der Waals surface area (Å²) in [6.45, 7) is 1.94. The number of carboxylic acid groups (broad SMARTS) is 1. The van der Waals surface area contributed by atoms with E-state index in [-0.39, 0.29) is 17.9 Å². The lowest BCUT2D eigenvalue weighted by Gasteiger charge is -2.06. The molecule has 0 fully saturated rings. The smallest absolute Gasteiger partial charge is 0.335 e. The standard InChI is InChI=1S/C11H12FNO4/c1-2-17-6-10(14)13-9-4-3-7(11(15)16)5-8(9)12/h3-5H,2,6H2,1H3,(H,13,14)(H,15,16). The van der Waals surface area contributed by atoms with Crippen molar-refractivity contribution in [2.75, 3.05) is 18.5 Å². The van der Waals surface area contributed by atoms with Crippen LogP contribution >= 0.6 is 0 Å². The van der Waals surface area contributed by atoms with Gasteiger partial charge in [0.25, 0.3) is 0 Å². The van der Waals surface area contributed by atoms with Crippen LogP contribution in [0.1, 0.15) is 17.3 Å². The zero-order valence-electron chi connectivity index (χ0n) is 9.20. The van der Waals surface area contributed by atoms with Gasteiger partial charge >= 0.3 is 5.97 Å². The number of anilines is 1. The Kier molecular flexibility index (Phi) is 4.59. The van der Waals surface area contributed by atoms with Crippen LogP contribution in [0, 0.1) is 5.82 Å². The number of nitrogens with one attached hydrogen (secondary N) is 1. The quantitative estimate of drug-likeness (QED) is 0.819. The Morgan fingerprint density at radius 3 is 2.71 bits per heavy atom. The largest absolute Gasteiger partial charge is 0.478 e. The third-order valence-electron chi connectivity index (χ3n) is 1.93. The Morgan fingerprint density at radius 1 is 1.47 bits per heavy atom. The molecule has 0 heterocycles. The molecule has 1 rings (SSSR count). The molecule has 17 heavy (non-hydrogen) atoms. The van der Waals surface area contributed by atoms with Crippen molar-refractivity contribution in [3.05, 3.63) is 29.6 Å². The molecule has 5 nitrogen and oxygen atoms in total. The molecular weight excluding hydrogens is 229 g/mol. The number of hydrogen-bond donors (Lipinski definition) is 2. The third kappa shape index (κ3) is 3.84. The molecule has 0 saturated carbocycles. The minimum Gasteiger partial charge on any atom is -0.478 e. The lowest BCUT2D eigenvalue weighted by molar-refractivity contribution is -0.120. The van der Waals surface area contributed by atoms with E-state index < -0.39 is 17.7 Å². The van der Waals surface area contributed by atoms with Gasteiger partial charge in [0.05, 0.1) is 11.3 Å². The highest BCUT2D eigenvalue weighted by Crippen LogP contribution is 2.15. The summed E-state index contributed by atoms with van der Waals surface area (Å²) in [6.07, 6.45) is 0. The summed E-state index contributed by atoms with van der Waals surface area (Å²) in [6, 6.07) is 3.25. The number of carboxylic acids is 1. The predicted molar refractivity (Wildman–Crippen MR) is 58.5 cm³/mol. The van der Waals surface area contributed by atoms with Crippen molar-refractivity contribution in [1.82, 2.24) is 0 Å². The van der Waals surface area contributed by atoms with Crippen LogP contribution in [0.2, 0.25) is 0 Å². The highest BCUT2D eigenvalue weighted by molar-refractivity contribution is 5.93. The average molecular weight is 241 g/mol. The molecule has 0 saturated heterocycles. The van der Waals surface area contributed by atoms with Gasteiger partial charge in [-0.3, -0.25) is 4.79 Å². The van der Waals surface area contributed by atoms with Crippen molar-refractivity contribution < 1.29 is 23.8 Å². The fraction of sp³-hybridized carbons (Fsp3) is 0.273. The molecule has 1 aromatic carbocycles. The van der Waals surface area contributed by atoms with Gasteiger partial charge in [0.15, 0.2) is 0 Å². The lowest BCUT2D eigenvalue weighted by atomic mass is 10.2. The first-order chi connectivity index (χ1) is 8.04. The van der Waals surface area contributed by atoms with E-state index in [1.165, 1.54) is 12.1 Å². The molecule has 0 aliphatic carbocycles. The summed E-state index contributed by atoms with van der Waals surface area (Å²) in [5.41, 5.74) is -0.245. The predicted octanol–water partition coefficient (Wildman–Crippen LogP) is 1.50. The van der Waals surface area contributed by atoms with Gasteiger partial charge in [0.1, 0.15) is 12.4 Å². The van der Waals surface area contributed by atoms with Gasteiger partial charge in [0.2, 0.25) is 5.91 Å². The summed E-state index contributed by atoms with van der Waals surface area (Å²) in [5, 5.41) is 10.9. The Hall–Kier alpha value is -1.95. The van der Waals surface area contributed by atoms with Crippen LogP contribution in [-0.2, 0) is 9.53 Å². The molecule has 1 aromatic rings. The van der Waals surface area contributed by atoms with E-state index in [0.717, 1.165) is 6.07 Å². The Labute approximate surface area is 97.2 Å². The summed E-state index contributed by atoms with van der Waals surface area (Å²) < 4.78 is 18.2. The van der Waals surface area contributed by atoms with Gasteiger partial charge in [-0.05, 0) is 25.1 Å². The van der Waals surface area contributed by atoms with E-state index in [1.54, 1.807) is 6.92 Å². The van der Waals surface area contributed by atoms with Crippen molar-refractivity contribution in [2.45, 2.75) is 6.92 Å². The number of benzene rings is 1. The molecule has 0 aliphatic heterocycles. The molecule has 2 N–H and O–H groups in total. The van der Waals surface area contributed by atoms with Gasteiger partial charge in [-0.25, -0.2) is 9.18 Å². The van der Waals surface area contributed by atoms with Crippen LogP contribution in [0.5, 0.6) is 0 Å². The first-order valence-electron chi connectivity index (χ1n) is 4.95. The second kappa shape index (κ2) is 5.95. The maximum atomic E-state index is 13.4. The van der Waals surface area contributed by atoms with Gasteiger partial charge in [-0.1, -0.05) is 0 Å². The fourth-order valence-electron chi connectivity index (χ4n) is 1.13. The number of halogens is 1. The zero-order valence-corrected chi connectivity index (χ0v) is 9.20. The third-order valence-corrected chi connectivity index (χ3v) is 1.93. The summed E-state index contributed by atoms with van der Waals surface area (Å²) in [4.78, 5) is 21.8. The molecule has 92 valence electrons. The first kappa shape index (κ1) is 13.1. The van der Waals surface area contributed by atoms with Crippen LogP contribution in [0.4, 0.5) is 10.1 Å². The Bertz CT molecular complexity index is 433. The van der Waals surface area contributed by atoms with E-state index in [4.69, 9.17) is 9.84 Å². The maximum absolute atomic E-state index is 13.4. The number of ether oxygens (including phenoxy) is 1. The van der Waals surface area contributed by atoms with Crippen molar-refractivity contribution in [3.8, 4) is 0 Å². The van der Waals surface area contributed by atoms with Crippen LogP contribution in [0.25, 0.3) is 0 Å². The van der Waals surface area contributed by atoms with Gasteiger partial charge in [0, 0.05) is 6.61 Å². The second-order valence-electron chi connectivity index (χ2n) is 3.19. The number of rotatable bonds is 5. The number of hydrogen-bond acceptors (Lipinski definition) is 3. The van der Waals surface area contributed by atoms with E-state index in [2.05, 4.69) is 5.32 Å². The lowest BCUT2D eigenvalue weighted by Crippen LogP contribution is -2.19.